The highest BCUT2D eigenvalue weighted by molar-refractivity contribution is 5.68. The molecular weight excluding hydrogens is 184 g/mol. The zero-order chi connectivity index (χ0) is 10.8. The highest BCUT2D eigenvalue weighted by Gasteiger charge is 2.26. The fourth-order valence-corrected chi connectivity index (χ4v) is 1.22. The van der Waals surface area contributed by atoms with Gasteiger partial charge in [-0.2, -0.15) is 0 Å². The van der Waals surface area contributed by atoms with Crippen molar-refractivity contribution in [3.8, 4) is 0 Å². The van der Waals surface area contributed by atoms with Gasteiger partial charge in [0.2, 0.25) is 0 Å². The van der Waals surface area contributed by atoms with Gasteiger partial charge in [-0.3, -0.25) is 5.32 Å². The summed E-state index contributed by atoms with van der Waals surface area (Å²) >= 11 is 0. The lowest BCUT2D eigenvalue weighted by molar-refractivity contribution is -0.0000331. The van der Waals surface area contributed by atoms with Crippen LogP contribution in [0.5, 0.6) is 0 Å². The van der Waals surface area contributed by atoms with Crippen molar-refractivity contribution >= 4 is 6.09 Å². The highest BCUT2D eigenvalue weighted by Crippen LogP contribution is 2.10. The van der Waals surface area contributed by atoms with E-state index in [1.54, 1.807) is 0 Å². The van der Waals surface area contributed by atoms with Crippen LogP contribution < -0.4 is 5.32 Å². The lowest BCUT2D eigenvalue weighted by atomic mass is 10.2. The maximum Gasteiger partial charge on any atom is 0.410 e. The van der Waals surface area contributed by atoms with E-state index in [1.807, 2.05) is 20.8 Å². The Morgan fingerprint density at radius 3 is 2.71 bits per heavy atom. The molecule has 0 spiro atoms. The first-order valence-electron chi connectivity index (χ1n) is 4.78. The molecular formula is C9H18N2O3. The molecule has 0 aromatic rings. The molecule has 5 heteroatoms. The van der Waals surface area contributed by atoms with Crippen LogP contribution in [-0.2, 0) is 4.74 Å². The van der Waals surface area contributed by atoms with Gasteiger partial charge in [-0.1, -0.05) is 0 Å². The van der Waals surface area contributed by atoms with Crippen molar-refractivity contribution in [2.75, 3.05) is 19.6 Å². The smallest absolute Gasteiger partial charge is 0.410 e. The zero-order valence-electron chi connectivity index (χ0n) is 8.91. The van der Waals surface area contributed by atoms with E-state index in [2.05, 4.69) is 5.32 Å². The van der Waals surface area contributed by atoms with Crippen LogP contribution in [0.3, 0.4) is 0 Å². The molecule has 1 aliphatic heterocycles. The molecule has 5 nitrogen and oxygen atoms in total. The predicted octanol–water partition coefficient (Wildman–Crippen LogP) is 0.145. The van der Waals surface area contributed by atoms with E-state index in [9.17, 15) is 9.90 Å². The molecule has 0 saturated carbocycles. The number of ether oxygens (including phenoxy) is 1. The molecule has 82 valence electrons. The Hall–Kier alpha value is -0.810. The first kappa shape index (κ1) is 11.3. The summed E-state index contributed by atoms with van der Waals surface area (Å²) in [6, 6.07) is 0. The Bertz CT molecular complexity index is 213. The van der Waals surface area contributed by atoms with Crippen molar-refractivity contribution in [3.05, 3.63) is 0 Å². The molecule has 1 saturated heterocycles. The van der Waals surface area contributed by atoms with Gasteiger partial charge in [0.1, 0.15) is 11.8 Å². The third kappa shape index (κ3) is 3.51. The average Bonchev–Trinajstić information content (AvgIpc) is 2.01. The molecule has 0 bridgehead atoms. The Kier molecular flexibility index (Phi) is 3.34. The molecule has 14 heavy (non-hydrogen) atoms. The number of rotatable bonds is 0. The van der Waals surface area contributed by atoms with E-state index in [0.717, 1.165) is 0 Å². The third-order valence-corrected chi connectivity index (χ3v) is 1.81. The van der Waals surface area contributed by atoms with E-state index in [-0.39, 0.29) is 12.6 Å². The Morgan fingerprint density at radius 1 is 1.57 bits per heavy atom. The van der Waals surface area contributed by atoms with E-state index in [1.165, 1.54) is 4.90 Å². The van der Waals surface area contributed by atoms with Gasteiger partial charge in [0, 0.05) is 13.1 Å². The number of nitrogens with zero attached hydrogens (tertiary/aromatic N) is 1. The molecule has 2 N–H and O–H groups in total. The second-order valence-electron chi connectivity index (χ2n) is 4.40. The number of β-amino-alcohol motifs (C(OH)–C–C–N with tert-alkyl or cyclic N) is 1. The molecule has 1 unspecified atom stereocenters. The monoisotopic (exact) mass is 202 g/mol. The van der Waals surface area contributed by atoms with Gasteiger partial charge >= 0.3 is 6.09 Å². The van der Waals surface area contributed by atoms with Crippen LogP contribution in [0.25, 0.3) is 0 Å². The minimum atomic E-state index is -0.642. The quantitative estimate of drug-likeness (QED) is 0.587. The molecule has 0 aliphatic carbocycles. The van der Waals surface area contributed by atoms with Gasteiger partial charge in [-0.05, 0) is 20.8 Å². The highest BCUT2D eigenvalue weighted by atomic mass is 16.6. The SMILES string of the molecule is CC(C)(C)OC(=O)N1CCNC(O)C1. The standard InChI is InChI=1S/C9H18N2O3/c1-9(2,3)14-8(13)11-5-4-10-7(12)6-11/h7,10,12H,4-6H2,1-3H3. The zero-order valence-corrected chi connectivity index (χ0v) is 8.91. The van der Waals surface area contributed by atoms with E-state index < -0.39 is 11.8 Å². The van der Waals surface area contributed by atoms with Crippen LogP contribution >= 0.6 is 0 Å². The average molecular weight is 202 g/mol. The van der Waals surface area contributed by atoms with Gasteiger partial charge in [-0.15, -0.1) is 0 Å². The topological polar surface area (TPSA) is 61.8 Å². The number of aliphatic hydroxyl groups is 1. The number of amides is 1. The van der Waals surface area contributed by atoms with Gasteiger partial charge in [0.05, 0.1) is 6.54 Å². The molecule has 1 amide bonds. The maximum atomic E-state index is 11.5. The summed E-state index contributed by atoms with van der Waals surface area (Å²) < 4.78 is 5.17. The lowest BCUT2D eigenvalue weighted by Crippen LogP contribution is -2.53. The number of aliphatic hydroxyl groups excluding tert-OH is 1. The first-order valence-corrected chi connectivity index (χ1v) is 4.78. The number of carbonyl (C=O) groups excluding carboxylic acids is 1. The van der Waals surface area contributed by atoms with Crippen LogP contribution in [0.1, 0.15) is 20.8 Å². The number of piperazine rings is 1. The fourth-order valence-electron chi connectivity index (χ4n) is 1.22. The molecule has 1 fully saturated rings. The summed E-state index contributed by atoms with van der Waals surface area (Å²) in [6.07, 6.45) is -1.01. The summed E-state index contributed by atoms with van der Waals surface area (Å²) in [7, 11) is 0. The fraction of sp³-hybridized carbons (Fsp3) is 0.889. The van der Waals surface area contributed by atoms with Gasteiger partial charge in [0.25, 0.3) is 0 Å². The molecule has 0 aromatic carbocycles. The van der Waals surface area contributed by atoms with Crippen LogP contribution in [0.2, 0.25) is 0 Å². The van der Waals surface area contributed by atoms with Crippen LogP contribution in [0.15, 0.2) is 0 Å². The largest absolute Gasteiger partial charge is 0.444 e. The number of nitrogens with one attached hydrogen (secondary N) is 1. The summed E-state index contributed by atoms with van der Waals surface area (Å²) in [4.78, 5) is 13.0. The van der Waals surface area contributed by atoms with Crippen molar-refractivity contribution in [3.63, 3.8) is 0 Å². The molecule has 1 heterocycles. The van der Waals surface area contributed by atoms with E-state index in [4.69, 9.17) is 4.74 Å². The Labute approximate surface area is 84.0 Å². The van der Waals surface area contributed by atoms with Crippen molar-refractivity contribution < 1.29 is 14.6 Å². The summed E-state index contributed by atoms with van der Waals surface area (Å²) in [5.74, 6) is 0. The van der Waals surface area contributed by atoms with Gasteiger partial charge in [-0.25, -0.2) is 4.79 Å². The van der Waals surface area contributed by atoms with Gasteiger partial charge in [0.15, 0.2) is 0 Å². The summed E-state index contributed by atoms with van der Waals surface area (Å²) in [6.45, 7) is 6.93. The summed E-state index contributed by atoms with van der Waals surface area (Å²) in [5.41, 5.74) is -0.479. The number of hydrogen-bond donors (Lipinski definition) is 2. The second-order valence-corrected chi connectivity index (χ2v) is 4.40. The van der Waals surface area contributed by atoms with Crippen LogP contribution in [0.4, 0.5) is 4.79 Å². The van der Waals surface area contributed by atoms with Gasteiger partial charge < -0.3 is 14.7 Å². The predicted molar refractivity (Wildman–Crippen MR) is 51.8 cm³/mol. The maximum absolute atomic E-state index is 11.5. The number of hydrogen-bond acceptors (Lipinski definition) is 4. The molecule has 1 aliphatic rings. The van der Waals surface area contributed by atoms with Crippen LogP contribution in [0, 0.1) is 0 Å². The molecule has 0 radical (unpaired) electrons. The molecule has 0 aromatic heterocycles. The summed E-state index contributed by atoms with van der Waals surface area (Å²) in [5, 5.41) is 12.1. The Morgan fingerprint density at radius 2 is 2.21 bits per heavy atom. The normalized spacial score (nSPS) is 23.4. The first-order chi connectivity index (χ1) is 6.38. The van der Waals surface area contributed by atoms with E-state index >= 15 is 0 Å². The third-order valence-electron chi connectivity index (χ3n) is 1.81. The second kappa shape index (κ2) is 4.14. The van der Waals surface area contributed by atoms with Crippen molar-refractivity contribution in [2.45, 2.75) is 32.6 Å². The minimum Gasteiger partial charge on any atom is -0.444 e. The number of carbonyl (C=O) groups is 1. The lowest BCUT2D eigenvalue weighted by Gasteiger charge is -2.32. The van der Waals surface area contributed by atoms with Crippen molar-refractivity contribution in [2.24, 2.45) is 0 Å². The van der Waals surface area contributed by atoms with E-state index in [0.29, 0.717) is 13.1 Å². The van der Waals surface area contributed by atoms with Crippen molar-refractivity contribution in [1.29, 1.82) is 0 Å². The molecule has 1 rings (SSSR count). The minimum absolute atomic E-state index is 0.287. The Balaban J connectivity index is 2.44. The van der Waals surface area contributed by atoms with Crippen molar-refractivity contribution in [1.82, 2.24) is 10.2 Å². The van der Waals surface area contributed by atoms with Crippen LogP contribution in [-0.4, -0.2) is 47.6 Å². The molecule has 1 atom stereocenters.